The lowest BCUT2D eigenvalue weighted by atomic mass is 10.2. The zero-order valence-corrected chi connectivity index (χ0v) is 18.6. The van der Waals surface area contributed by atoms with Crippen LogP contribution in [0.4, 0.5) is 5.69 Å². The van der Waals surface area contributed by atoms with Crippen molar-refractivity contribution in [1.29, 1.82) is 0 Å². The van der Waals surface area contributed by atoms with Crippen LogP contribution in [0.15, 0.2) is 124 Å². The van der Waals surface area contributed by atoms with Crippen LogP contribution >= 0.6 is 22.6 Å². The highest BCUT2D eigenvalue weighted by Gasteiger charge is 2.28. The molecular weight excluding hydrogens is 489 g/mol. The summed E-state index contributed by atoms with van der Waals surface area (Å²) < 4.78 is 1.09. The molecule has 1 N–H and O–H groups in total. The van der Waals surface area contributed by atoms with Crippen molar-refractivity contribution in [2.75, 3.05) is 5.32 Å². The summed E-state index contributed by atoms with van der Waals surface area (Å²) in [6.07, 6.45) is 0. The molecule has 0 saturated heterocycles. The van der Waals surface area contributed by atoms with Crippen molar-refractivity contribution in [2.45, 2.75) is 14.7 Å². The van der Waals surface area contributed by atoms with Gasteiger partial charge in [-0.1, -0.05) is 42.5 Å². The standard InChI is InChI=1S/C25H18INOS/c26-20-8-7-9-21(18-20)27-25(28)19-14-16-24(17-15-19)29(22-10-3-1-4-11-22)23-12-5-2-6-13-23/h1-18H/p+1. The van der Waals surface area contributed by atoms with Crippen LogP contribution in [0.25, 0.3) is 0 Å². The van der Waals surface area contributed by atoms with Gasteiger partial charge in [-0.15, -0.1) is 0 Å². The molecule has 1 amide bonds. The molecule has 0 unspecified atom stereocenters. The molecule has 0 atom stereocenters. The van der Waals surface area contributed by atoms with E-state index in [9.17, 15) is 4.79 Å². The second-order valence-corrected chi connectivity index (χ2v) is 9.69. The molecule has 4 aromatic carbocycles. The normalized spacial score (nSPS) is 10.7. The average molecular weight is 508 g/mol. The fourth-order valence-corrected chi connectivity index (χ4v) is 5.66. The predicted molar refractivity (Wildman–Crippen MR) is 129 cm³/mol. The molecule has 0 aliphatic rings. The van der Waals surface area contributed by atoms with Gasteiger partial charge in [0.15, 0.2) is 14.7 Å². The van der Waals surface area contributed by atoms with Gasteiger partial charge in [0, 0.05) is 14.8 Å². The van der Waals surface area contributed by atoms with Crippen molar-refractivity contribution < 1.29 is 4.79 Å². The molecule has 2 nitrogen and oxygen atoms in total. The van der Waals surface area contributed by atoms with Gasteiger partial charge in [0.25, 0.3) is 5.91 Å². The summed E-state index contributed by atoms with van der Waals surface area (Å²) in [4.78, 5) is 16.3. The summed E-state index contributed by atoms with van der Waals surface area (Å²) in [5.74, 6) is -0.0992. The molecule has 0 fully saturated rings. The van der Waals surface area contributed by atoms with Gasteiger partial charge < -0.3 is 5.32 Å². The first-order valence-electron chi connectivity index (χ1n) is 9.22. The van der Waals surface area contributed by atoms with E-state index in [0.29, 0.717) is 5.56 Å². The minimum Gasteiger partial charge on any atom is -0.322 e. The third kappa shape index (κ3) is 4.89. The Labute approximate surface area is 187 Å². The Morgan fingerprint density at radius 2 is 1.21 bits per heavy atom. The second kappa shape index (κ2) is 9.29. The van der Waals surface area contributed by atoms with E-state index in [-0.39, 0.29) is 16.8 Å². The van der Waals surface area contributed by atoms with E-state index in [0.717, 1.165) is 9.26 Å². The summed E-state index contributed by atoms with van der Waals surface area (Å²) in [5.41, 5.74) is 1.46. The van der Waals surface area contributed by atoms with E-state index >= 15 is 0 Å². The SMILES string of the molecule is O=C(Nc1cccc(I)c1)c1ccc([S+](c2ccccc2)c2ccccc2)cc1. The Hall–Kier alpha value is -2.57. The minimum atomic E-state index is -0.210. The van der Waals surface area contributed by atoms with E-state index in [4.69, 9.17) is 0 Å². The predicted octanol–water partition coefficient (Wildman–Crippen LogP) is 6.64. The van der Waals surface area contributed by atoms with E-state index < -0.39 is 0 Å². The number of rotatable bonds is 5. The van der Waals surface area contributed by atoms with Crippen molar-refractivity contribution >= 4 is 45.1 Å². The summed E-state index contributed by atoms with van der Waals surface area (Å²) in [7, 11) is -0.210. The van der Waals surface area contributed by atoms with Crippen LogP contribution in [0.1, 0.15) is 10.4 Å². The number of halogens is 1. The Morgan fingerprint density at radius 3 is 1.76 bits per heavy atom. The van der Waals surface area contributed by atoms with Crippen LogP contribution in [-0.2, 0) is 10.9 Å². The number of amides is 1. The molecule has 4 aromatic rings. The zero-order valence-electron chi connectivity index (χ0n) is 15.6. The number of nitrogens with one attached hydrogen (secondary N) is 1. The number of carbonyl (C=O) groups excluding carboxylic acids is 1. The van der Waals surface area contributed by atoms with Crippen LogP contribution in [-0.4, -0.2) is 5.91 Å². The highest BCUT2D eigenvalue weighted by Crippen LogP contribution is 2.31. The van der Waals surface area contributed by atoms with Gasteiger partial charge in [-0.05, 0) is 89.3 Å². The van der Waals surface area contributed by atoms with Crippen molar-refractivity contribution in [3.63, 3.8) is 0 Å². The van der Waals surface area contributed by atoms with Crippen molar-refractivity contribution in [2.24, 2.45) is 0 Å². The molecule has 142 valence electrons. The maximum absolute atomic E-state index is 12.6. The molecule has 29 heavy (non-hydrogen) atoms. The van der Waals surface area contributed by atoms with E-state index in [1.807, 2.05) is 48.5 Å². The Bertz CT molecular complexity index is 1060. The summed E-state index contributed by atoms with van der Waals surface area (Å²) in [6, 6.07) is 36.7. The van der Waals surface area contributed by atoms with Crippen molar-refractivity contribution in [3.05, 3.63) is 118 Å². The monoisotopic (exact) mass is 508 g/mol. The molecule has 0 saturated carbocycles. The van der Waals surface area contributed by atoms with Crippen LogP contribution in [0.5, 0.6) is 0 Å². The third-order valence-electron chi connectivity index (χ3n) is 4.39. The molecular formula is C25H19INOS+. The molecule has 0 aliphatic carbocycles. The van der Waals surface area contributed by atoms with Crippen LogP contribution < -0.4 is 5.32 Å². The van der Waals surface area contributed by atoms with E-state index in [1.54, 1.807) is 0 Å². The van der Waals surface area contributed by atoms with Crippen LogP contribution in [0, 0.1) is 3.57 Å². The first kappa shape index (κ1) is 19.7. The summed E-state index contributed by atoms with van der Waals surface area (Å²) in [5, 5.41) is 2.97. The molecule has 4 rings (SSSR count). The van der Waals surface area contributed by atoms with Gasteiger partial charge in [0.1, 0.15) is 0 Å². The Morgan fingerprint density at radius 1 is 0.655 bits per heavy atom. The molecule has 0 aliphatic heterocycles. The lowest BCUT2D eigenvalue weighted by Gasteiger charge is -2.09. The van der Waals surface area contributed by atoms with E-state index in [1.165, 1.54) is 14.7 Å². The highest BCUT2D eigenvalue weighted by molar-refractivity contribution is 14.1. The molecule has 0 spiro atoms. The fraction of sp³-hybridized carbons (Fsp3) is 0. The topological polar surface area (TPSA) is 29.1 Å². The zero-order chi connectivity index (χ0) is 20.1. The first-order valence-corrected chi connectivity index (χ1v) is 11.5. The third-order valence-corrected chi connectivity index (χ3v) is 7.29. The second-order valence-electron chi connectivity index (χ2n) is 6.42. The van der Waals surface area contributed by atoms with Gasteiger partial charge in [-0.25, -0.2) is 0 Å². The van der Waals surface area contributed by atoms with Gasteiger partial charge in [0.05, 0.1) is 10.9 Å². The minimum absolute atomic E-state index is 0.0992. The molecule has 0 radical (unpaired) electrons. The molecule has 0 aromatic heterocycles. The smallest absolute Gasteiger partial charge is 0.255 e. The highest BCUT2D eigenvalue weighted by atomic mass is 127. The number of anilines is 1. The van der Waals surface area contributed by atoms with Crippen LogP contribution in [0.2, 0.25) is 0 Å². The van der Waals surface area contributed by atoms with Gasteiger partial charge >= 0.3 is 0 Å². The van der Waals surface area contributed by atoms with E-state index in [2.05, 4.69) is 88.6 Å². The number of benzene rings is 4. The number of hydrogen-bond acceptors (Lipinski definition) is 1. The van der Waals surface area contributed by atoms with Gasteiger partial charge in [0.2, 0.25) is 0 Å². The van der Waals surface area contributed by atoms with Crippen molar-refractivity contribution in [1.82, 2.24) is 0 Å². The van der Waals surface area contributed by atoms with Crippen LogP contribution in [0.3, 0.4) is 0 Å². The number of hydrogen-bond donors (Lipinski definition) is 1. The van der Waals surface area contributed by atoms with Gasteiger partial charge in [-0.2, -0.15) is 0 Å². The Kier molecular flexibility index (Phi) is 6.32. The maximum Gasteiger partial charge on any atom is 0.255 e. The average Bonchev–Trinajstić information content (AvgIpc) is 2.76. The lowest BCUT2D eigenvalue weighted by Crippen LogP contribution is -2.12. The lowest BCUT2D eigenvalue weighted by molar-refractivity contribution is 0.102. The molecule has 4 heteroatoms. The first-order chi connectivity index (χ1) is 14.2. The largest absolute Gasteiger partial charge is 0.322 e. The molecule has 0 heterocycles. The quantitative estimate of drug-likeness (QED) is 0.238. The fourth-order valence-electron chi connectivity index (χ4n) is 3.03. The summed E-state index contributed by atoms with van der Waals surface area (Å²) in [6.45, 7) is 0. The number of carbonyl (C=O) groups is 1. The molecule has 0 bridgehead atoms. The van der Waals surface area contributed by atoms with Crippen molar-refractivity contribution in [3.8, 4) is 0 Å². The Balaban J connectivity index is 1.61. The summed E-state index contributed by atoms with van der Waals surface area (Å²) >= 11 is 2.24. The maximum atomic E-state index is 12.6. The van der Waals surface area contributed by atoms with Gasteiger partial charge in [-0.3, -0.25) is 4.79 Å².